The molecule has 1 unspecified atom stereocenters. The number of methoxy groups -OCH3 is 1. The van der Waals surface area contributed by atoms with Crippen LogP contribution in [0.4, 0.5) is 0 Å². The molecule has 0 N–H and O–H groups in total. The van der Waals surface area contributed by atoms with Crippen LogP contribution in [0.2, 0.25) is 0 Å². The van der Waals surface area contributed by atoms with E-state index in [1.807, 2.05) is 17.0 Å². The lowest BCUT2D eigenvalue weighted by Gasteiger charge is -2.39. The fraction of sp³-hybridized carbons (Fsp3) is 0.588. The van der Waals surface area contributed by atoms with Crippen LogP contribution in [0, 0.1) is 5.41 Å². The van der Waals surface area contributed by atoms with Gasteiger partial charge in [-0.1, -0.05) is 0 Å². The van der Waals surface area contributed by atoms with E-state index in [1.165, 1.54) is 7.11 Å². The van der Waals surface area contributed by atoms with Gasteiger partial charge in [0.15, 0.2) is 0 Å². The van der Waals surface area contributed by atoms with Crippen molar-refractivity contribution in [3.8, 4) is 0 Å². The number of hydrogen-bond acceptors (Lipinski definition) is 4. The summed E-state index contributed by atoms with van der Waals surface area (Å²) in [7, 11) is 1.52. The molecule has 2 aliphatic rings. The molecule has 2 saturated heterocycles. The number of ether oxygens (including phenoxy) is 1. The Kier molecular flexibility index (Phi) is 4.61. The third kappa shape index (κ3) is 3.22. The number of amides is 2. The van der Waals surface area contributed by atoms with Gasteiger partial charge in [-0.05, 0) is 37.0 Å². The first-order chi connectivity index (χ1) is 11.1. The van der Waals surface area contributed by atoms with Crippen molar-refractivity contribution in [3.63, 3.8) is 0 Å². The summed E-state index contributed by atoms with van der Waals surface area (Å²) < 4.78 is 4.94. The van der Waals surface area contributed by atoms with E-state index in [2.05, 4.69) is 4.98 Å². The summed E-state index contributed by atoms with van der Waals surface area (Å²) in [5, 5.41) is 0. The maximum absolute atomic E-state index is 13.0. The predicted octanol–water partition coefficient (Wildman–Crippen LogP) is 1.07. The van der Waals surface area contributed by atoms with Gasteiger partial charge in [0, 0.05) is 45.7 Å². The number of aromatic nitrogens is 1. The van der Waals surface area contributed by atoms with E-state index in [9.17, 15) is 9.59 Å². The lowest BCUT2D eigenvalue weighted by atomic mass is 9.78. The Morgan fingerprint density at radius 2 is 2.09 bits per heavy atom. The Bertz CT molecular complexity index is 578. The summed E-state index contributed by atoms with van der Waals surface area (Å²) in [5.74, 6) is 0.163. The molecular formula is C17H23N3O3. The van der Waals surface area contributed by atoms with Gasteiger partial charge in [0.05, 0.1) is 5.41 Å². The molecule has 2 fully saturated rings. The van der Waals surface area contributed by atoms with Crippen molar-refractivity contribution in [2.24, 2.45) is 5.41 Å². The molecule has 3 rings (SSSR count). The molecule has 0 aliphatic carbocycles. The molecule has 6 nitrogen and oxygen atoms in total. The summed E-state index contributed by atoms with van der Waals surface area (Å²) >= 11 is 0. The van der Waals surface area contributed by atoms with Crippen molar-refractivity contribution < 1.29 is 14.3 Å². The Hall–Kier alpha value is -1.95. The molecule has 1 spiro atoms. The van der Waals surface area contributed by atoms with Crippen molar-refractivity contribution in [1.29, 1.82) is 0 Å². The SMILES string of the molecule is COCC(=O)N1CCCC2(CCN(Cc3ccncc3)C2=O)C1. The average Bonchev–Trinajstić information content (AvgIpc) is 2.86. The molecule has 1 atom stereocenters. The van der Waals surface area contributed by atoms with Crippen molar-refractivity contribution in [2.45, 2.75) is 25.8 Å². The van der Waals surface area contributed by atoms with Gasteiger partial charge >= 0.3 is 0 Å². The molecule has 0 saturated carbocycles. The van der Waals surface area contributed by atoms with Crippen LogP contribution in [0.3, 0.4) is 0 Å². The number of carbonyl (C=O) groups is 2. The van der Waals surface area contributed by atoms with E-state index in [0.29, 0.717) is 13.1 Å². The minimum absolute atomic E-state index is 0.0213. The third-order valence-electron chi connectivity index (χ3n) is 4.92. The van der Waals surface area contributed by atoms with Gasteiger partial charge < -0.3 is 14.5 Å². The van der Waals surface area contributed by atoms with Crippen LogP contribution in [0.5, 0.6) is 0 Å². The van der Waals surface area contributed by atoms with Gasteiger partial charge in [-0.2, -0.15) is 0 Å². The van der Waals surface area contributed by atoms with Crippen molar-refractivity contribution in [1.82, 2.24) is 14.8 Å². The van der Waals surface area contributed by atoms with Gasteiger partial charge in [0.1, 0.15) is 6.61 Å². The molecule has 1 aromatic rings. The summed E-state index contributed by atoms with van der Waals surface area (Å²) in [6.07, 6.45) is 6.07. The minimum Gasteiger partial charge on any atom is -0.375 e. The second-order valence-electron chi connectivity index (χ2n) is 6.46. The lowest BCUT2D eigenvalue weighted by molar-refractivity contribution is -0.145. The summed E-state index contributed by atoms with van der Waals surface area (Å²) in [5.41, 5.74) is 0.697. The van der Waals surface area contributed by atoms with Crippen LogP contribution in [0.25, 0.3) is 0 Å². The van der Waals surface area contributed by atoms with Gasteiger partial charge in [0.25, 0.3) is 0 Å². The second kappa shape index (κ2) is 6.66. The number of hydrogen-bond donors (Lipinski definition) is 0. The van der Waals surface area contributed by atoms with Crippen LogP contribution in [0.1, 0.15) is 24.8 Å². The number of rotatable bonds is 4. The zero-order valence-corrected chi connectivity index (χ0v) is 13.5. The zero-order valence-electron chi connectivity index (χ0n) is 13.5. The molecule has 0 aromatic carbocycles. The highest BCUT2D eigenvalue weighted by Crippen LogP contribution is 2.40. The number of carbonyl (C=O) groups excluding carboxylic acids is 2. The van der Waals surface area contributed by atoms with Gasteiger partial charge in [0.2, 0.25) is 11.8 Å². The van der Waals surface area contributed by atoms with Crippen LogP contribution in [-0.4, -0.2) is 59.9 Å². The highest BCUT2D eigenvalue weighted by atomic mass is 16.5. The molecule has 0 bridgehead atoms. The first-order valence-corrected chi connectivity index (χ1v) is 8.10. The van der Waals surface area contributed by atoms with Gasteiger partial charge in [-0.15, -0.1) is 0 Å². The lowest BCUT2D eigenvalue weighted by Crippen LogP contribution is -2.50. The van der Waals surface area contributed by atoms with Crippen LogP contribution in [-0.2, 0) is 20.9 Å². The molecular weight excluding hydrogens is 294 g/mol. The molecule has 2 aliphatic heterocycles. The normalized spacial score (nSPS) is 24.5. The summed E-state index contributed by atoms with van der Waals surface area (Å²) in [6.45, 7) is 2.72. The highest BCUT2D eigenvalue weighted by molar-refractivity contribution is 5.86. The summed E-state index contributed by atoms with van der Waals surface area (Å²) in [6, 6.07) is 3.88. The van der Waals surface area contributed by atoms with Crippen LogP contribution < -0.4 is 0 Å². The Balaban J connectivity index is 1.68. The predicted molar refractivity (Wildman–Crippen MR) is 84.4 cm³/mol. The smallest absolute Gasteiger partial charge is 0.248 e. The quantitative estimate of drug-likeness (QED) is 0.833. The van der Waals surface area contributed by atoms with Gasteiger partial charge in [-0.3, -0.25) is 14.6 Å². The average molecular weight is 317 g/mol. The van der Waals surface area contributed by atoms with E-state index in [1.54, 1.807) is 17.3 Å². The first-order valence-electron chi connectivity index (χ1n) is 8.10. The first kappa shape index (κ1) is 15.9. The second-order valence-corrected chi connectivity index (χ2v) is 6.46. The van der Waals surface area contributed by atoms with E-state index in [4.69, 9.17) is 4.74 Å². The molecule has 2 amide bonds. The standard InChI is InChI=1S/C17H23N3O3/c1-23-12-15(21)20-9-2-5-17(13-20)6-10-19(16(17)22)11-14-3-7-18-8-4-14/h3-4,7-8H,2,5-6,9-13H2,1H3. The zero-order chi connectivity index (χ0) is 16.3. The molecule has 23 heavy (non-hydrogen) atoms. The van der Waals surface area contributed by atoms with Crippen molar-refractivity contribution >= 4 is 11.8 Å². The Morgan fingerprint density at radius 3 is 2.83 bits per heavy atom. The Morgan fingerprint density at radius 1 is 1.30 bits per heavy atom. The number of piperidine rings is 1. The third-order valence-corrected chi connectivity index (χ3v) is 4.92. The molecule has 0 radical (unpaired) electrons. The van der Waals surface area contributed by atoms with E-state index in [0.717, 1.165) is 37.9 Å². The van der Waals surface area contributed by atoms with Crippen LogP contribution >= 0.6 is 0 Å². The van der Waals surface area contributed by atoms with E-state index < -0.39 is 5.41 Å². The van der Waals surface area contributed by atoms with Gasteiger partial charge in [-0.25, -0.2) is 0 Å². The monoisotopic (exact) mass is 317 g/mol. The largest absolute Gasteiger partial charge is 0.375 e. The van der Waals surface area contributed by atoms with Crippen LogP contribution in [0.15, 0.2) is 24.5 Å². The fourth-order valence-corrected chi connectivity index (χ4v) is 3.69. The number of pyridine rings is 1. The maximum Gasteiger partial charge on any atom is 0.248 e. The molecule has 6 heteroatoms. The number of likely N-dealkylation sites (tertiary alicyclic amines) is 2. The minimum atomic E-state index is -0.394. The van der Waals surface area contributed by atoms with E-state index >= 15 is 0 Å². The van der Waals surface area contributed by atoms with Crippen molar-refractivity contribution in [2.75, 3.05) is 33.4 Å². The molecule has 3 heterocycles. The Labute approximate surface area is 136 Å². The summed E-state index contributed by atoms with van der Waals surface area (Å²) in [4.78, 5) is 32.8. The topological polar surface area (TPSA) is 62.7 Å². The fourth-order valence-electron chi connectivity index (χ4n) is 3.69. The van der Waals surface area contributed by atoms with Crippen molar-refractivity contribution in [3.05, 3.63) is 30.1 Å². The molecule has 1 aromatic heterocycles. The molecule has 124 valence electrons. The highest BCUT2D eigenvalue weighted by Gasteiger charge is 2.49. The number of nitrogens with zero attached hydrogens (tertiary/aromatic N) is 3. The van der Waals surface area contributed by atoms with E-state index in [-0.39, 0.29) is 18.4 Å². The maximum atomic E-state index is 13.0.